The van der Waals surface area contributed by atoms with E-state index in [9.17, 15) is 5.11 Å². The molecule has 4 aromatic rings. The van der Waals surface area contributed by atoms with Crippen LogP contribution >= 0.6 is 0 Å². The van der Waals surface area contributed by atoms with Gasteiger partial charge in [0, 0.05) is 30.2 Å². The highest BCUT2D eigenvalue weighted by Gasteiger charge is 2.15. The summed E-state index contributed by atoms with van der Waals surface area (Å²) in [6.07, 6.45) is 4.96. The molecule has 0 aliphatic heterocycles. The molecule has 4 rings (SSSR count). The van der Waals surface area contributed by atoms with Crippen LogP contribution in [0.25, 0.3) is 16.9 Å². The molecule has 0 bridgehead atoms. The van der Waals surface area contributed by atoms with E-state index < -0.39 is 0 Å². The van der Waals surface area contributed by atoms with Gasteiger partial charge in [-0.2, -0.15) is 9.67 Å². The topological polar surface area (TPSA) is 124 Å². The second-order valence-electron chi connectivity index (χ2n) is 5.82. The molecule has 0 fully saturated rings. The zero-order valence-electron chi connectivity index (χ0n) is 14.9. The van der Waals surface area contributed by atoms with Gasteiger partial charge in [-0.1, -0.05) is 6.07 Å². The molecule has 4 N–H and O–H groups in total. The maximum Gasteiger partial charge on any atom is 0.249 e. The number of rotatable bonds is 5. The van der Waals surface area contributed by atoms with Crippen molar-refractivity contribution in [1.29, 1.82) is 0 Å². The molecule has 9 nitrogen and oxygen atoms in total. The number of nitrogens with zero attached hydrogens (tertiary/aromatic N) is 5. The predicted octanol–water partition coefficient (Wildman–Crippen LogP) is 2.76. The smallest absolute Gasteiger partial charge is 0.249 e. The van der Waals surface area contributed by atoms with Crippen LogP contribution in [0.1, 0.15) is 0 Å². The number of hydrogen-bond acceptors (Lipinski definition) is 8. The molecule has 0 aliphatic carbocycles. The molecule has 0 amide bonds. The van der Waals surface area contributed by atoms with Crippen LogP contribution < -0.4 is 15.8 Å². The number of phenols is 1. The molecule has 3 aromatic heterocycles. The molecule has 9 heteroatoms. The lowest BCUT2D eigenvalue weighted by molar-refractivity contribution is 0.415. The molecule has 0 spiro atoms. The summed E-state index contributed by atoms with van der Waals surface area (Å²) in [7, 11) is 1.54. The second kappa shape index (κ2) is 7.23. The van der Waals surface area contributed by atoms with Gasteiger partial charge >= 0.3 is 0 Å². The minimum absolute atomic E-state index is 0.0756. The van der Waals surface area contributed by atoms with Gasteiger partial charge in [0.2, 0.25) is 11.9 Å². The lowest BCUT2D eigenvalue weighted by Gasteiger charge is -2.13. The van der Waals surface area contributed by atoms with Gasteiger partial charge < -0.3 is 20.9 Å². The van der Waals surface area contributed by atoms with Crippen molar-refractivity contribution in [1.82, 2.24) is 24.7 Å². The van der Waals surface area contributed by atoms with Crippen molar-refractivity contribution in [2.45, 2.75) is 0 Å². The molecular weight excluding hydrogens is 358 g/mol. The fraction of sp³-hybridized carbons (Fsp3) is 0.0526. The van der Waals surface area contributed by atoms with Crippen molar-refractivity contribution in [3.63, 3.8) is 0 Å². The van der Waals surface area contributed by atoms with E-state index in [1.165, 1.54) is 4.68 Å². The molecular formula is C19H17N7O2. The molecule has 0 radical (unpaired) electrons. The average molecular weight is 375 g/mol. The fourth-order valence-corrected chi connectivity index (χ4v) is 2.74. The first-order chi connectivity index (χ1) is 13.7. The molecule has 0 atom stereocenters. The number of benzene rings is 1. The van der Waals surface area contributed by atoms with Gasteiger partial charge in [0.15, 0.2) is 5.82 Å². The number of phenolic OH excluding ortho intramolecular Hbond substituents is 1. The second-order valence-corrected chi connectivity index (χ2v) is 5.82. The van der Waals surface area contributed by atoms with Crippen LogP contribution in [0.3, 0.4) is 0 Å². The van der Waals surface area contributed by atoms with Crippen LogP contribution in [0.2, 0.25) is 0 Å². The summed E-state index contributed by atoms with van der Waals surface area (Å²) in [4.78, 5) is 12.4. The van der Waals surface area contributed by atoms with Crippen LogP contribution in [-0.4, -0.2) is 36.9 Å². The van der Waals surface area contributed by atoms with Crippen LogP contribution in [0.5, 0.6) is 11.5 Å². The maximum absolute atomic E-state index is 10.5. The Morgan fingerprint density at radius 2 is 1.93 bits per heavy atom. The first-order valence-corrected chi connectivity index (χ1v) is 8.38. The lowest BCUT2D eigenvalue weighted by Crippen LogP contribution is -2.04. The van der Waals surface area contributed by atoms with E-state index in [1.807, 2.05) is 6.07 Å². The third-order valence-corrected chi connectivity index (χ3v) is 4.05. The van der Waals surface area contributed by atoms with Gasteiger partial charge in [-0.3, -0.25) is 4.98 Å². The molecule has 3 heterocycles. The number of hydrogen-bond donors (Lipinski definition) is 3. The standard InChI is InChI=1S/C19H17N7O2/c1-28-16-10-13(12-5-8-21-9-6-12)15(27)11-14(16)23-19-24-18(20)26(25-19)17-4-2-3-7-22-17/h2-11,27H,1H3,(H3,20,23,24,25). The fourth-order valence-electron chi connectivity index (χ4n) is 2.74. The summed E-state index contributed by atoms with van der Waals surface area (Å²) >= 11 is 0. The summed E-state index contributed by atoms with van der Waals surface area (Å²) in [5, 5.41) is 17.8. The monoisotopic (exact) mass is 375 g/mol. The van der Waals surface area contributed by atoms with Crippen LogP contribution in [-0.2, 0) is 0 Å². The SMILES string of the molecule is COc1cc(-c2ccncc2)c(O)cc1Nc1nc(N)n(-c2ccccn2)n1. The number of methoxy groups -OCH3 is 1. The van der Waals surface area contributed by atoms with Gasteiger partial charge in [0.1, 0.15) is 11.5 Å². The van der Waals surface area contributed by atoms with Crippen molar-refractivity contribution < 1.29 is 9.84 Å². The third kappa shape index (κ3) is 3.28. The minimum Gasteiger partial charge on any atom is -0.507 e. The summed E-state index contributed by atoms with van der Waals surface area (Å²) in [6.45, 7) is 0. The van der Waals surface area contributed by atoms with E-state index in [-0.39, 0.29) is 17.6 Å². The van der Waals surface area contributed by atoms with E-state index in [4.69, 9.17) is 10.5 Å². The number of nitrogens with one attached hydrogen (secondary N) is 1. The highest BCUT2D eigenvalue weighted by atomic mass is 16.5. The molecule has 0 aliphatic rings. The zero-order valence-corrected chi connectivity index (χ0v) is 14.9. The van der Waals surface area contributed by atoms with E-state index in [0.29, 0.717) is 22.8 Å². The highest BCUT2D eigenvalue weighted by molar-refractivity contribution is 5.78. The number of nitrogen functional groups attached to an aromatic ring is 1. The highest BCUT2D eigenvalue weighted by Crippen LogP contribution is 2.39. The summed E-state index contributed by atoms with van der Waals surface area (Å²) < 4.78 is 6.88. The molecule has 28 heavy (non-hydrogen) atoms. The van der Waals surface area contributed by atoms with Crippen LogP contribution in [0.4, 0.5) is 17.6 Å². The van der Waals surface area contributed by atoms with E-state index in [2.05, 4.69) is 25.4 Å². The normalized spacial score (nSPS) is 10.6. The van der Waals surface area contributed by atoms with Crippen molar-refractivity contribution >= 4 is 17.6 Å². The number of pyridine rings is 2. The Bertz CT molecular complexity index is 1100. The van der Waals surface area contributed by atoms with E-state index >= 15 is 0 Å². The number of ether oxygens (including phenoxy) is 1. The van der Waals surface area contributed by atoms with Crippen molar-refractivity contribution in [2.24, 2.45) is 0 Å². The average Bonchev–Trinajstić information content (AvgIpc) is 3.09. The quantitative estimate of drug-likeness (QED) is 0.486. The molecule has 0 unspecified atom stereocenters. The zero-order chi connectivity index (χ0) is 19.5. The van der Waals surface area contributed by atoms with Gasteiger partial charge in [-0.25, -0.2) is 4.98 Å². The molecule has 140 valence electrons. The van der Waals surface area contributed by atoms with E-state index in [1.54, 1.807) is 62.1 Å². The van der Waals surface area contributed by atoms with Crippen molar-refractivity contribution in [3.8, 4) is 28.4 Å². The first-order valence-electron chi connectivity index (χ1n) is 8.38. The summed E-state index contributed by atoms with van der Waals surface area (Å²) in [5.74, 6) is 1.56. The number of nitrogens with two attached hydrogens (primary N) is 1. The minimum atomic E-state index is 0.0756. The predicted molar refractivity (Wildman–Crippen MR) is 105 cm³/mol. The van der Waals surface area contributed by atoms with Crippen LogP contribution in [0, 0.1) is 0 Å². The van der Waals surface area contributed by atoms with Gasteiger partial charge in [0.05, 0.1) is 12.8 Å². The molecule has 1 aromatic carbocycles. The number of aromatic nitrogens is 5. The van der Waals surface area contributed by atoms with Crippen molar-refractivity contribution in [3.05, 3.63) is 61.1 Å². The number of anilines is 3. The van der Waals surface area contributed by atoms with Gasteiger partial charge in [0.25, 0.3) is 0 Å². The Labute approximate surface area is 160 Å². The Morgan fingerprint density at radius 3 is 2.64 bits per heavy atom. The first kappa shape index (κ1) is 17.3. The Balaban J connectivity index is 1.68. The van der Waals surface area contributed by atoms with Crippen molar-refractivity contribution in [2.75, 3.05) is 18.2 Å². The maximum atomic E-state index is 10.5. The Kier molecular flexibility index (Phi) is 4.47. The third-order valence-electron chi connectivity index (χ3n) is 4.05. The number of aromatic hydroxyl groups is 1. The van der Waals surface area contributed by atoms with Gasteiger partial charge in [-0.05, 0) is 35.9 Å². The summed E-state index contributed by atoms with van der Waals surface area (Å²) in [6, 6.07) is 12.3. The van der Waals surface area contributed by atoms with E-state index in [0.717, 1.165) is 5.56 Å². The Hall–Kier alpha value is -4.14. The van der Waals surface area contributed by atoms with Crippen LogP contribution in [0.15, 0.2) is 61.1 Å². The Morgan fingerprint density at radius 1 is 1.11 bits per heavy atom. The molecule has 0 saturated heterocycles. The van der Waals surface area contributed by atoms with Gasteiger partial charge in [-0.15, -0.1) is 5.10 Å². The lowest BCUT2D eigenvalue weighted by atomic mass is 10.0. The largest absolute Gasteiger partial charge is 0.507 e. The summed E-state index contributed by atoms with van der Waals surface area (Å²) in [5.41, 5.74) is 7.89. The molecule has 0 saturated carbocycles.